The van der Waals surface area contributed by atoms with Crippen LogP contribution in [0.5, 0.6) is 0 Å². The number of nitrogens with one attached hydrogen (secondary N) is 2. The fraction of sp³-hybridized carbons (Fsp3) is 0.333. The van der Waals surface area contributed by atoms with Gasteiger partial charge in [0.05, 0.1) is 4.90 Å². The van der Waals surface area contributed by atoms with Crippen molar-refractivity contribution in [2.45, 2.75) is 37.5 Å². The molecule has 1 saturated heterocycles. The van der Waals surface area contributed by atoms with Crippen LogP contribution >= 0.6 is 12.2 Å². The molecule has 3 rings (SSSR count). The molecule has 8 heteroatoms. The van der Waals surface area contributed by atoms with E-state index >= 15 is 0 Å². The third-order valence-electron chi connectivity index (χ3n) is 4.93. The minimum absolute atomic E-state index is 0.154. The molecular weight excluding hydrogens is 406 g/mol. The Labute approximate surface area is 177 Å². The Kier molecular flexibility index (Phi) is 7.00. The summed E-state index contributed by atoms with van der Waals surface area (Å²) in [5, 5.41) is 5.72. The highest BCUT2D eigenvalue weighted by atomic mass is 32.2. The lowest BCUT2D eigenvalue weighted by Crippen LogP contribution is -2.34. The van der Waals surface area contributed by atoms with Crippen molar-refractivity contribution in [1.82, 2.24) is 9.62 Å². The van der Waals surface area contributed by atoms with Gasteiger partial charge in [0, 0.05) is 24.3 Å². The number of hydrogen-bond donors (Lipinski definition) is 2. The Morgan fingerprint density at radius 2 is 1.59 bits per heavy atom. The second-order valence-electron chi connectivity index (χ2n) is 7.07. The molecule has 0 atom stereocenters. The van der Waals surface area contributed by atoms with Crippen LogP contribution in [0.2, 0.25) is 0 Å². The van der Waals surface area contributed by atoms with E-state index in [1.54, 1.807) is 40.7 Å². The zero-order valence-electron chi connectivity index (χ0n) is 16.3. The number of aryl methyl sites for hydroxylation is 1. The van der Waals surface area contributed by atoms with Gasteiger partial charge in [0.1, 0.15) is 0 Å². The molecule has 0 aliphatic carbocycles. The largest absolute Gasteiger partial charge is 0.332 e. The highest BCUT2D eigenvalue weighted by Crippen LogP contribution is 2.21. The first-order chi connectivity index (χ1) is 13.9. The summed E-state index contributed by atoms with van der Waals surface area (Å²) in [6, 6.07) is 13.7. The molecule has 1 amide bonds. The van der Waals surface area contributed by atoms with Crippen LogP contribution in [0, 0.1) is 6.92 Å². The maximum Gasteiger partial charge on any atom is 0.257 e. The van der Waals surface area contributed by atoms with Gasteiger partial charge >= 0.3 is 0 Å². The molecule has 2 aromatic rings. The van der Waals surface area contributed by atoms with Gasteiger partial charge in [0.2, 0.25) is 10.0 Å². The normalized spacial score (nSPS) is 15.3. The van der Waals surface area contributed by atoms with E-state index in [4.69, 9.17) is 12.2 Å². The Morgan fingerprint density at radius 3 is 2.21 bits per heavy atom. The summed E-state index contributed by atoms with van der Waals surface area (Å²) in [5.74, 6) is -0.291. The van der Waals surface area contributed by atoms with Crippen LogP contribution in [0.3, 0.4) is 0 Å². The molecule has 29 heavy (non-hydrogen) atoms. The average Bonchev–Trinajstić information content (AvgIpc) is 2.98. The van der Waals surface area contributed by atoms with E-state index in [1.165, 1.54) is 0 Å². The molecule has 0 unspecified atom stereocenters. The van der Waals surface area contributed by atoms with E-state index in [0.29, 0.717) is 24.3 Å². The fourth-order valence-electron chi connectivity index (χ4n) is 3.30. The van der Waals surface area contributed by atoms with Gasteiger partial charge in [-0.1, -0.05) is 31.0 Å². The number of nitrogens with zero attached hydrogens (tertiary/aromatic N) is 1. The molecule has 0 aromatic heterocycles. The smallest absolute Gasteiger partial charge is 0.257 e. The lowest BCUT2D eigenvalue weighted by Gasteiger charge is -2.20. The van der Waals surface area contributed by atoms with Crippen LogP contribution in [-0.4, -0.2) is 36.8 Å². The third kappa shape index (κ3) is 5.41. The molecule has 0 spiro atoms. The summed E-state index contributed by atoms with van der Waals surface area (Å²) in [6.07, 6.45) is 3.93. The molecule has 1 aliphatic heterocycles. The number of rotatable bonds is 4. The molecule has 2 aromatic carbocycles. The van der Waals surface area contributed by atoms with E-state index < -0.39 is 10.0 Å². The summed E-state index contributed by atoms with van der Waals surface area (Å²) in [6.45, 7) is 2.99. The summed E-state index contributed by atoms with van der Waals surface area (Å²) >= 11 is 5.21. The number of carbonyl (C=O) groups excluding carboxylic acids is 1. The number of sulfonamides is 1. The van der Waals surface area contributed by atoms with Crippen LogP contribution in [-0.2, 0) is 10.0 Å². The van der Waals surface area contributed by atoms with Crippen molar-refractivity contribution in [3.05, 3.63) is 59.7 Å². The Bertz CT molecular complexity index is 980. The van der Waals surface area contributed by atoms with Crippen molar-refractivity contribution in [3.63, 3.8) is 0 Å². The lowest BCUT2D eigenvalue weighted by atomic mass is 10.1. The molecule has 6 nitrogen and oxygen atoms in total. The molecule has 154 valence electrons. The minimum atomic E-state index is -3.49. The van der Waals surface area contributed by atoms with E-state index in [-0.39, 0.29) is 15.9 Å². The van der Waals surface area contributed by atoms with Gasteiger partial charge in [-0.3, -0.25) is 10.1 Å². The predicted molar refractivity (Wildman–Crippen MR) is 119 cm³/mol. The number of benzene rings is 2. The number of carbonyl (C=O) groups is 1. The summed E-state index contributed by atoms with van der Waals surface area (Å²) in [7, 11) is -3.49. The second-order valence-corrected chi connectivity index (χ2v) is 9.41. The van der Waals surface area contributed by atoms with Gasteiger partial charge < -0.3 is 5.32 Å². The number of thiocarbonyl (C=S) groups is 1. The zero-order chi connectivity index (χ0) is 20.9. The zero-order valence-corrected chi connectivity index (χ0v) is 18.0. The van der Waals surface area contributed by atoms with Crippen LogP contribution in [0.15, 0.2) is 53.4 Å². The van der Waals surface area contributed by atoms with Gasteiger partial charge in [-0.05, 0) is 67.9 Å². The summed E-state index contributed by atoms with van der Waals surface area (Å²) in [4.78, 5) is 12.6. The van der Waals surface area contributed by atoms with Crippen LogP contribution in [0.1, 0.15) is 41.6 Å². The SMILES string of the molecule is Cc1ccccc1C(=O)NC(=S)Nc1ccc(S(=O)(=O)N2CCCCCC2)cc1. The molecule has 0 saturated carbocycles. The molecule has 0 radical (unpaired) electrons. The van der Waals surface area contributed by atoms with Crippen LogP contribution < -0.4 is 10.6 Å². The van der Waals surface area contributed by atoms with Crippen molar-refractivity contribution in [1.29, 1.82) is 0 Å². The average molecular weight is 432 g/mol. The minimum Gasteiger partial charge on any atom is -0.332 e. The first kappa shape index (κ1) is 21.4. The van der Waals surface area contributed by atoms with E-state index in [2.05, 4.69) is 10.6 Å². The topological polar surface area (TPSA) is 78.5 Å². The lowest BCUT2D eigenvalue weighted by molar-refractivity contribution is 0.0977. The Hall–Kier alpha value is -2.29. The first-order valence-electron chi connectivity index (χ1n) is 9.66. The quantitative estimate of drug-likeness (QED) is 0.722. The van der Waals surface area contributed by atoms with Gasteiger partial charge in [-0.15, -0.1) is 0 Å². The monoisotopic (exact) mass is 431 g/mol. The van der Waals surface area contributed by atoms with Crippen molar-refractivity contribution in [2.75, 3.05) is 18.4 Å². The molecule has 1 aliphatic rings. The van der Waals surface area contributed by atoms with Crippen molar-refractivity contribution in [3.8, 4) is 0 Å². The number of hydrogen-bond acceptors (Lipinski definition) is 4. The van der Waals surface area contributed by atoms with E-state index in [1.807, 2.05) is 19.1 Å². The van der Waals surface area contributed by atoms with E-state index in [9.17, 15) is 13.2 Å². The van der Waals surface area contributed by atoms with Crippen molar-refractivity contribution in [2.24, 2.45) is 0 Å². The second kappa shape index (κ2) is 9.47. The van der Waals surface area contributed by atoms with Gasteiger partial charge in [0.15, 0.2) is 5.11 Å². The molecule has 1 fully saturated rings. The highest BCUT2D eigenvalue weighted by Gasteiger charge is 2.25. The standard InChI is InChI=1S/C21H25N3O3S2/c1-16-8-4-5-9-19(16)20(25)23-21(28)22-17-10-12-18(13-11-17)29(26,27)24-14-6-2-3-7-15-24/h4-5,8-13H,2-3,6-7,14-15H2,1H3,(H2,22,23,25,28). The van der Waals surface area contributed by atoms with Crippen molar-refractivity contribution < 1.29 is 13.2 Å². The van der Waals surface area contributed by atoms with Crippen LogP contribution in [0.25, 0.3) is 0 Å². The fourth-order valence-corrected chi connectivity index (χ4v) is 5.03. The predicted octanol–water partition coefficient (Wildman–Crippen LogP) is 3.69. The molecule has 1 heterocycles. The first-order valence-corrected chi connectivity index (χ1v) is 11.5. The Morgan fingerprint density at radius 1 is 0.966 bits per heavy atom. The maximum absolute atomic E-state index is 12.8. The van der Waals surface area contributed by atoms with Gasteiger partial charge in [0.25, 0.3) is 5.91 Å². The number of anilines is 1. The van der Waals surface area contributed by atoms with Gasteiger partial charge in [-0.25, -0.2) is 8.42 Å². The van der Waals surface area contributed by atoms with Crippen LogP contribution in [0.4, 0.5) is 5.69 Å². The summed E-state index contributed by atoms with van der Waals surface area (Å²) < 4.78 is 27.2. The Balaban J connectivity index is 1.63. The maximum atomic E-state index is 12.8. The van der Waals surface area contributed by atoms with Crippen molar-refractivity contribution >= 4 is 38.9 Å². The third-order valence-corrected chi connectivity index (χ3v) is 7.05. The molecule has 0 bridgehead atoms. The van der Waals surface area contributed by atoms with E-state index in [0.717, 1.165) is 31.2 Å². The van der Waals surface area contributed by atoms with Gasteiger partial charge in [-0.2, -0.15) is 4.31 Å². The molecule has 2 N–H and O–H groups in total. The summed E-state index contributed by atoms with van der Waals surface area (Å²) in [5.41, 5.74) is 2.02. The number of amides is 1. The highest BCUT2D eigenvalue weighted by molar-refractivity contribution is 7.89. The molecular formula is C21H25N3O3S2.